The van der Waals surface area contributed by atoms with E-state index in [1.54, 1.807) is 18.2 Å². The summed E-state index contributed by atoms with van der Waals surface area (Å²) in [6, 6.07) is 12.4. The van der Waals surface area contributed by atoms with Gasteiger partial charge in [-0.2, -0.15) is 0 Å². The van der Waals surface area contributed by atoms with E-state index in [0.29, 0.717) is 15.9 Å². The Hall–Kier alpha value is -2.18. The summed E-state index contributed by atoms with van der Waals surface area (Å²) < 4.78 is 2.25. The van der Waals surface area contributed by atoms with E-state index in [-0.39, 0.29) is 24.1 Å². The number of amides is 1. The van der Waals surface area contributed by atoms with Crippen molar-refractivity contribution < 1.29 is 4.79 Å². The Morgan fingerprint density at radius 3 is 2.72 bits per heavy atom. The molecule has 0 aliphatic rings. The van der Waals surface area contributed by atoms with Gasteiger partial charge in [0.05, 0.1) is 23.3 Å². The number of nitrogens with zero attached hydrogens (tertiary/aromatic N) is 2. The van der Waals surface area contributed by atoms with Gasteiger partial charge >= 0.3 is 0 Å². The van der Waals surface area contributed by atoms with Crippen molar-refractivity contribution in [2.75, 3.05) is 0 Å². The second-order valence-electron chi connectivity index (χ2n) is 5.68. The van der Waals surface area contributed by atoms with Crippen molar-refractivity contribution in [3.8, 4) is 0 Å². The summed E-state index contributed by atoms with van der Waals surface area (Å²) >= 11 is 9.32. The third kappa shape index (κ3) is 4.08. The molecular weight excluding hydrogens is 406 g/mol. The third-order valence-electron chi connectivity index (χ3n) is 3.85. The molecule has 3 rings (SSSR count). The number of carbonyl (C=O) groups excluding carboxylic acids is 1. The second kappa shape index (κ2) is 7.37. The molecule has 2 aromatic carbocycles. The Bertz CT molecular complexity index is 986. The van der Waals surface area contributed by atoms with Crippen molar-refractivity contribution >= 4 is 44.3 Å². The van der Waals surface area contributed by atoms with Gasteiger partial charge in [-0.1, -0.05) is 39.7 Å². The van der Waals surface area contributed by atoms with Crippen LogP contribution in [0.25, 0.3) is 10.9 Å². The fourth-order valence-electron chi connectivity index (χ4n) is 2.52. The molecular formula is C18H15BrClN3O2. The van der Waals surface area contributed by atoms with Crippen LogP contribution in [0, 0.1) is 0 Å². The molecule has 5 nitrogen and oxygen atoms in total. The minimum absolute atomic E-state index is 0.102. The highest BCUT2D eigenvalue weighted by atomic mass is 79.9. The number of benzene rings is 2. The maximum atomic E-state index is 12.5. The van der Waals surface area contributed by atoms with Gasteiger partial charge in [0.15, 0.2) is 0 Å². The zero-order valence-electron chi connectivity index (χ0n) is 13.4. The van der Waals surface area contributed by atoms with E-state index >= 15 is 0 Å². The summed E-state index contributed by atoms with van der Waals surface area (Å²) in [6.07, 6.45) is 1.38. The van der Waals surface area contributed by atoms with E-state index in [1.165, 1.54) is 10.9 Å². The van der Waals surface area contributed by atoms with Crippen LogP contribution in [-0.4, -0.2) is 15.5 Å². The highest BCUT2D eigenvalue weighted by Gasteiger charge is 2.12. The molecule has 1 atom stereocenters. The number of nitrogens with one attached hydrogen (secondary N) is 1. The molecule has 0 spiro atoms. The first-order chi connectivity index (χ1) is 11.9. The van der Waals surface area contributed by atoms with Crippen LogP contribution in [0.5, 0.6) is 0 Å². The first-order valence-corrected chi connectivity index (χ1v) is 8.80. The van der Waals surface area contributed by atoms with Crippen molar-refractivity contribution in [3.63, 3.8) is 0 Å². The number of rotatable bonds is 4. The first kappa shape index (κ1) is 17.6. The van der Waals surface area contributed by atoms with E-state index in [4.69, 9.17) is 11.6 Å². The lowest BCUT2D eigenvalue weighted by Gasteiger charge is -2.15. The molecule has 0 aliphatic carbocycles. The van der Waals surface area contributed by atoms with Crippen LogP contribution in [0.1, 0.15) is 18.5 Å². The topological polar surface area (TPSA) is 64.0 Å². The largest absolute Gasteiger partial charge is 0.348 e. The molecule has 0 radical (unpaired) electrons. The molecule has 0 fully saturated rings. The average Bonchev–Trinajstić information content (AvgIpc) is 2.58. The lowest BCUT2D eigenvalue weighted by molar-refractivity contribution is -0.122. The minimum atomic E-state index is -0.293. The summed E-state index contributed by atoms with van der Waals surface area (Å²) in [6.45, 7) is 1.79. The van der Waals surface area contributed by atoms with Crippen LogP contribution in [-0.2, 0) is 11.3 Å². The molecule has 1 amide bonds. The van der Waals surface area contributed by atoms with E-state index in [9.17, 15) is 9.59 Å². The van der Waals surface area contributed by atoms with Crippen LogP contribution >= 0.6 is 27.5 Å². The van der Waals surface area contributed by atoms with Gasteiger partial charge in [0.2, 0.25) is 5.91 Å². The van der Waals surface area contributed by atoms with Crippen molar-refractivity contribution in [1.29, 1.82) is 0 Å². The van der Waals surface area contributed by atoms with E-state index < -0.39 is 0 Å². The zero-order chi connectivity index (χ0) is 18.0. The van der Waals surface area contributed by atoms with E-state index in [1.807, 2.05) is 31.2 Å². The number of fused-ring (bicyclic) bond motifs is 1. The highest BCUT2D eigenvalue weighted by Crippen LogP contribution is 2.17. The Labute approximate surface area is 157 Å². The van der Waals surface area contributed by atoms with E-state index in [0.717, 1.165) is 10.0 Å². The van der Waals surface area contributed by atoms with Gasteiger partial charge < -0.3 is 5.32 Å². The predicted molar refractivity (Wildman–Crippen MR) is 102 cm³/mol. The number of hydrogen-bond donors (Lipinski definition) is 1. The van der Waals surface area contributed by atoms with Gasteiger partial charge in [-0.25, -0.2) is 4.98 Å². The van der Waals surface area contributed by atoms with Crippen molar-refractivity contribution in [2.45, 2.75) is 19.5 Å². The number of carbonyl (C=O) groups is 1. The Balaban J connectivity index is 1.76. The molecule has 1 heterocycles. The number of halogens is 2. The monoisotopic (exact) mass is 419 g/mol. The van der Waals surface area contributed by atoms with Gasteiger partial charge in [0, 0.05) is 9.50 Å². The smallest absolute Gasteiger partial charge is 0.261 e. The Morgan fingerprint density at radius 2 is 2.00 bits per heavy atom. The third-order valence-corrected chi connectivity index (χ3v) is 4.61. The molecule has 0 saturated heterocycles. The fourth-order valence-corrected chi connectivity index (χ4v) is 2.96. The standard InChI is InChI=1S/C18H15BrClN3O2/c1-11(12-2-4-13(19)5-3-12)22-17(24)9-23-10-21-16-7-6-14(20)8-15(16)18(23)25/h2-8,10-11H,9H2,1H3,(H,22,24). The average molecular weight is 421 g/mol. The van der Waals surface area contributed by atoms with Crippen LogP contribution in [0.4, 0.5) is 0 Å². The number of aromatic nitrogens is 2. The second-order valence-corrected chi connectivity index (χ2v) is 7.03. The molecule has 1 aromatic heterocycles. The van der Waals surface area contributed by atoms with Crippen molar-refractivity contribution in [1.82, 2.24) is 14.9 Å². The maximum Gasteiger partial charge on any atom is 0.261 e. The SMILES string of the molecule is CC(NC(=O)Cn1cnc2ccc(Cl)cc2c1=O)c1ccc(Br)cc1. The van der Waals surface area contributed by atoms with Gasteiger partial charge in [-0.15, -0.1) is 0 Å². The Morgan fingerprint density at radius 1 is 1.28 bits per heavy atom. The molecule has 1 N–H and O–H groups in total. The van der Waals surface area contributed by atoms with Crippen LogP contribution < -0.4 is 10.9 Å². The highest BCUT2D eigenvalue weighted by molar-refractivity contribution is 9.10. The summed E-state index contributed by atoms with van der Waals surface area (Å²) in [4.78, 5) is 29.0. The molecule has 7 heteroatoms. The van der Waals surface area contributed by atoms with Crippen LogP contribution in [0.15, 0.2) is 58.1 Å². The molecule has 0 bridgehead atoms. The predicted octanol–water partition coefficient (Wildman–Crippen LogP) is 3.69. The van der Waals surface area contributed by atoms with Crippen LogP contribution in [0.3, 0.4) is 0 Å². The summed E-state index contributed by atoms with van der Waals surface area (Å²) in [5, 5.41) is 3.73. The van der Waals surface area contributed by atoms with Crippen molar-refractivity contribution in [2.24, 2.45) is 0 Å². The molecule has 25 heavy (non-hydrogen) atoms. The summed E-state index contributed by atoms with van der Waals surface area (Å²) in [7, 11) is 0. The van der Waals surface area contributed by atoms with Crippen molar-refractivity contribution in [3.05, 3.63) is 74.2 Å². The minimum Gasteiger partial charge on any atom is -0.348 e. The zero-order valence-corrected chi connectivity index (χ0v) is 15.7. The van der Waals surface area contributed by atoms with Gasteiger partial charge in [-0.3, -0.25) is 14.2 Å². The van der Waals surface area contributed by atoms with Crippen LogP contribution in [0.2, 0.25) is 5.02 Å². The fraction of sp³-hybridized carbons (Fsp3) is 0.167. The lowest BCUT2D eigenvalue weighted by Crippen LogP contribution is -2.34. The van der Waals surface area contributed by atoms with Gasteiger partial charge in [0.25, 0.3) is 5.56 Å². The first-order valence-electron chi connectivity index (χ1n) is 7.63. The Kier molecular flexibility index (Phi) is 5.20. The quantitative estimate of drug-likeness (QED) is 0.700. The molecule has 128 valence electrons. The molecule has 0 saturated carbocycles. The molecule has 3 aromatic rings. The molecule has 0 aliphatic heterocycles. The normalized spacial score (nSPS) is 12.1. The molecule has 1 unspecified atom stereocenters. The lowest BCUT2D eigenvalue weighted by atomic mass is 10.1. The maximum absolute atomic E-state index is 12.5. The van der Waals surface area contributed by atoms with E-state index in [2.05, 4.69) is 26.2 Å². The van der Waals surface area contributed by atoms with Gasteiger partial charge in [0.1, 0.15) is 6.54 Å². The van der Waals surface area contributed by atoms with Gasteiger partial charge in [-0.05, 0) is 42.8 Å². The summed E-state index contributed by atoms with van der Waals surface area (Å²) in [5.74, 6) is -0.263. The number of hydrogen-bond acceptors (Lipinski definition) is 3. The summed E-state index contributed by atoms with van der Waals surface area (Å²) in [5.41, 5.74) is 1.24.